The molecule has 32 heavy (non-hydrogen) atoms. The summed E-state index contributed by atoms with van der Waals surface area (Å²) in [7, 11) is 1.90. The number of benzene rings is 2. The van der Waals surface area contributed by atoms with E-state index in [2.05, 4.69) is 4.98 Å². The third kappa shape index (κ3) is 5.87. The molecule has 1 heterocycles. The molecule has 0 bridgehead atoms. The van der Waals surface area contributed by atoms with Crippen LogP contribution in [0.25, 0.3) is 11.1 Å². The molecule has 0 aliphatic rings. The predicted molar refractivity (Wildman–Crippen MR) is 128 cm³/mol. The van der Waals surface area contributed by atoms with Crippen LogP contribution in [0.3, 0.4) is 0 Å². The van der Waals surface area contributed by atoms with Crippen LogP contribution in [0.15, 0.2) is 52.9 Å². The first-order valence-electron chi connectivity index (χ1n) is 11.2. The number of carbonyl (C=O) groups is 1. The topological polar surface area (TPSA) is 95.8 Å². The number of carbonyl (C=O) groups excluding carboxylic acids is 1. The molecule has 2 unspecified atom stereocenters. The molecule has 2 aromatic carbocycles. The number of nitrogens with two attached hydrogens (primary N) is 1. The largest absolute Gasteiger partial charge is 0.423 e. The van der Waals surface area contributed by atoms with E-state index in [1.54, 1.807) is 23.1 Å². The smallest absolute Gasteiger partial charge is 0.298 e. The van der Waals surface area contributed by atoms with E-state index in [1.807, 2.05) is 63.1 Å². The zero-order valence-electron chi connectivity index (χ0n) is 19.4. The molecule has 3 aromatic rings. The molecule has 7 heteroatoms. The molecule has 0 fully saturated rings. The predicted octanol–water partition coefficient (Wildman–Crippen LogP) is 3.31. The van der Waals surface area contributed by atoms with Gasteiger partial charge in [-0.25, -0.2) is 0 Å². The van der Waals surface area contributed by atoms with Gasteiger partial charge in [0.15, 0.2) is 5.58 Å². The summed E-state index contributed by atoms with van der Waals surface area (Å²) >= 11 is 0. The lowest BCUT2D eigenvalue weighted by Crippen LogP contribution is -2.47. The maximum absolute atomic E-state index is 13.3. The molecule has 3 N–H and O–H groups in total. The van der Waals surface area contributed by atoms with Crippen LogP contribution >= 0.6 is 0 Å². The number of oxazole rings is 1. The monoisotopic (exact) mass is 438 g/mol. The van der Waals surface area contributed by atoms with Crippen LogP contribution in [0, 0.1) is 5.92 Å². The zero-order chi connectivity index (χ0) is 23.3. The second kappa shape index (κ2) is 10.6. The average molecular weight is 439 g/mol. The number of hydrogen-bond acceptors (Lipinski definition) is 6. The second-order valence-corrected chi connectivity index (χ2v) is 8.72. The lowest BCUT2D eigenvalue weighted by Gasteiger charge is -2.29. The highest BCUT2D eigenvalue weighted by Crippen LogP contribution is 2.23. The Morgan fingerprint density at radius 1 is 1.16 bits per heavy atom. The van der Waals surface area contributed by atoms with Gasteiger partial charge < -0.3 is 25.1 Å². The quantitative estimate of drug-likeness (QED) is 0.504. The SMILES string of the molecule is CCN(C)c1nc2ccc(C(=O)N(CC(C)C)CC(O)C(N)Cc3ccccc3)cc2o1. The Kier molecular flexibility index (Phi) is 7.88. The molecule has 0 aliphatic heterocycles. The number of amides is 1. The number of aliphatic hydroxyl groups is 1. The molecular formula is C25H34N4O3. The summed E-state index contributed by atoms with van der Waals surface area (Å²) in [6.07, 6.45) is -0.291. The maximum Gasteiger partial charge on any atom is 0.298 e. The van der Waals surface area contributed by atoms with Crippen molar-refractivity contribution in [2.24, 2.45) is 11.7 Å². The number of anilines is 1. The third-order valence-electron chi connectivity index (χ3n) is 5.51. The number of fused-ring (bicyclic) bond motifs is 1. The molecule has 0 radical (unpaired) electrons. The fourth-order valence-electron chi connectivity index (χ4n) is 3.59. The summed E-state index contributed by atoms with van der Waals surface area (Å²) in [6, 6.07) is 15.2. The van der Waals surface area contributed by atoms with Crippen LogP contribution in [-0.2, 0) is 6.42 Å². The van der Waals surface area contributed by atoms with Crippen molar-refractivity contribution in [3.63, 3.8) is 0 Å². The molecule has 0 spiro atoms. The van der Waals surface area contributed by atoms with Gasteiger partial charge in [0, 0.05) is 38.3 Å². The minimum absolute atomic E-state index is 0.159. The highest BCUT2D eigenvalue weighted by atomic mass is 16.4. The van der Waals surface area contributed by atoms with E-state index in [1.165, 1.54) is 0 Å². The van der Waals surface area contributed by atoms with Gasteiger partial charge in [-0.2, -0.15) is 4.98 Å². The van der Waals surface area contributed by atoms with Gasteiger partial charge in [0.2, 0.25) is 0 Å². The lowest BCUT2D eigenvalue weighted by molar-refractivity contribution is 0.0545. The summed E-state index contributed by atoms with van der Waals surface area (Å²) in [5.74, 6) is 0.0867. The molecule has 0 saturated heterocycles. The molecule has 1 aromatic heterocycles. The number of nitrogens with zero attached hydrogens (tertiary/aromatic N) is 3. The molecule has 2 atom stereocenters. The first kappa shape index (κ1) is 23.8. The summed E-state index contributed by atoms with van der Waals surface area (Å²) in [6.45, 7) is 7.56. The standard InChI is InChI=1S/C25H34N4O3/c1-5-28(4)25-27-21-12-11-19(14-23(21)32-25)24(31)29(15-17(2)3)16-22(30)20(26)13-18-9-7-6-8-10-18/h6-12,14,17,20,22,30H,5,13,15-16,26H2,1-4H3. The van der Waals surface area contributed by atoms with Gasteiger partial charge in [-0.05, 0) is 43.0 Å². The van der Waals surface area contributed by atoms with Gasteiger partial charge >= 0.3 is 0 Å². The van der Waals surface area contributed by atoms with Crippen LogP contribution in [0.4, 0.5) is 6.01 Å². The van der Waals surface area contributed by atoms with Gasteiger partial charge in [0.05, 0.1) is 6.10 Å². The lowest BCUT2D eigenvalue weighted by atomic mass is 10.0. The van der Waals surface area contributed by atoms with Crippen molar-refractivity contribution in [2.75, 3.05) is 31.6 Å². The van der Waals surface area contributed by atoms with Crippen molar-refractivity contribution in [3.05, 3.63) is 59.7 Å². The Bertz CT molecular complexity index is 1020. The van der Waals surface area contributed by atoms with Crippen molar-refractivity contribution >= 4 is 23.0 Å². The maximum atomic E-state index is 13.3. The van der Waals surface area contributed by atoms with E-state index in [4.69, 9.17) is 10.2 Å². The van der Waals surface area contributed by atoms with Crippen LogP contribution in [0.5, 0.6) is 0 Å². The second-order valence-electron chi connectivity index (χ2n) is 8.72. The van der Waals surface area contributed by atoms with Crippen molar-refractivity contribution in [1.29, 1.82) is 0 Å². The molecule has 0 aliphatic carbocycles. The molecular weight excluding hydrogens is 404 g/mol. The molecule has 1 amide bonds. The minimum Gasteiger partial charge on any atom is -0.423 e. The van der Waals surface area contributed by atoms with E-state index in [0.29, 0.717) is 35.6 Å². The minimum atomic E-state index is -0.836. The third-order valence-corrected chi connectivity index (χ3v) is 5.51. The Hall–Kier alpha value is -2.90. The summed E-state index contributed by atoms with van der Waals surface area (Å²) in [4.78, 5) is 21.4. The van der Waals surface area contributed by atoms with Crippen molar-refractivity contribution < 1.29 is 14.3 Å². The number of aliphatic hydroxyl groups excluding tert-OH is 1. The summed E-state index contributed by atoms with van der Waals surface area (Å²) in [5, 5.41) is 10.8. The van der Waals surface area contributed by atoms with Gasteiger partial charge in [-0.1, -0.05) is 44.2 Å². The molecule has 3 rings (SSSR count). The number of hydrogen-bond donors (Lipinski definition) is 2. The van der Waals surface area contributed by atoms with Crippen LogP contribution in [0.1, 0.15) is 36.7 Å². The Morgan fingerprint density at radius 2 is 1.88 bits per heavy atom. The zero-order valence-corrected chi connectivity index (χ0v) is 19.4. The molecule has 0 saturated carbocycles. The fourth-order valence-corrected chi connectivity index (χ4v) is 3.59. The van der Waals surface area contributed by atoms with E-state index in [0.717, 1.165) is 12.1 Å². The van der Waals surface area contributed by atoms with Gasteiger partial charge in [-0.15, -0.1) is 0 Å². The van der Waals surface area contributed by atoms with E-state index < -0.39 is 12.1 Å². The number of aromatic nitrogens is 1. The normalized spacial score (nSPS) is 13.3. The Labute approximate surface area is 189 Å². The highest BCUT2D eigenvalue weighted by Gasteiger charge is 2.24. The van der Waals surface area contributed by atoms with Gasteiger partial charge in [-0.3, -0.25) is 4.79 Å². The van der Waals surface area contributed by atoms with E-state index >= 15 is 0 Å². The fraction of sp³-hybridized carbons (Fsp3) is 0.440. The van der Waals surface area contributed by atoms with Crippen molar-refractivity contribution in [2.45, 2.75) is 39.3 Å². The van der Waals surface area contributed by atoms with Crippen molar-refractivity contribution in [3.8, 4) is 0 Å². The van der Waals surface area contributed by atoms with E-state index in [9.17, 15) is 9.90 Å². The summed E-state index contributed by atoms with van der Waals surface area (Å²) < 4.78 is 5.83. The summed E-state index contributed by atoms with van der Waals surface area (Å²) in [5.41, 5.74) is 9.11. The first-order chi connectivity index (χ1) is 15.3. The van der Waals surface area contributed by atoms with Crippen LogP contribution in [0.2, 0.25) is 0 Å². The Morgan fingerprint density at radius 3 is 2.53 bits per heavy atom. The van der Waals surface area contributed by atoms with Crippen LogP contribution in [-0.4, -0.2) is 59.7 Å². The van der Waals surface area contributed by atoms with Gasteiger partial charge in [0.1, 0.15) is 5.52 Å². The highest BCUT2D eigenvalue weighted by molar-refractivity contribution is 5.97. The van der Waals surface area contributed by atoms with E-state index in [-0.39, 0.29) is 18.4 Å². The molecule has 7 nitrogen and oxygen atoms in total. The first-order valence-corrected chi connectivity index (χ1v) is 11.2. The molecule has 172 valence electrons. The number of rotatable bonds is 10. The average Bonchev–Trinajstić information content (AvgIpc) is 3.21. The Balaban J connectivity index is 1.76. The van der Waals surface area contributed by atoms with Gasteiger partial charge in [0.25, 0.3) is 11.9 Å². The van der Waals surface area contributed by atoms with Crippen molar-refractivity contribution in [1.82, 2.24) is 9.88 Å². The van der Waals surface area contributed by atoms with Crippen LogP contribution < -0.4 is 10.6 Å².